The molecular weight excluding hydrogens is 420 g/mol. The van der Waals surface area contributed by atoms with Gasteiger partial charge in [0.1, 0.15) is 18.7 Å². The number of benzene rings is 2. The summed E-state index contributed by atoms with van der Waals surface area (Å²) in [7, 11) is 0. The van der Waals surface area contributed by atoms with Gasteiger partial charge in [0.2, 0.25) is 5.91 Å². The maximum absolute atomic E-state index is 13.2. The van der Waals surface area contributed by atoms with Gasteiger partial charge in [-0.2, -0.15) is 0 Å². The lowest BCUT2D eigenvalue weighted by molar-refractivity contribution is -0.151. The van der Waals surface area contributed by atoms with Crippen LogP contribution in [0.2, 0.25) is 0 Å². The molecule has 0 radical (unpaired) electrons. The van der Waals surface area contributed by atoms with Gasteiger partial charge in [0.15, 0.2) is 0 Å². The Bertz CT molecular complexity index is 1000. The predicted octanol–water partition coefficient (Wildman–Crippen LogP) is 4.16. The first-order valence-corrected chi connectivity index (χ1v) is 11.6. The molecule has 174 valence electrons. The SMILES string of the molecule is CCC[C@H](NC(=O)OCC1c2ccccc2-c2ccccc21)C(=O)N(C1CC1)C(C)C(=O)O. The Morgan fingerprint density at radius 3 is 2.15 bits per heavy atom. The number of nitrogens with one attached hydrogen (secondary N) is 1. The Morgan fingerprint density at radius 1 is 1.06 bits per heavy atom. The van der Waals surface area contributed by atoms with E-state index in [4.69, 9.17) is 4.74 Å². The number of hydrogen-bond acceptors (Lipinski definition) is 4. The van der Waals surface area contributed by atoms with Crippen molar-refractivity contribution in [2.45, 2.75) is 63.6 Å². The fourth-order valence-electron chi connectivity index (χ4n) is 4.67. The molecule has 33 heavy (non-hydrogen) atoms. The van der Waals surface area contributed by atoms with E-state index in [2.05, 4.69) is 17.4 Å². The van der Waals surface area contributed by atoms with Crippen LogP contribution in [0.3, 0.4) is 0 Å². The van der Waals surface area contributed by atoms with E-state index in [0.29, 0.717) is 12.8 Å². The van der Waals surface area contributed by atoms with Gasteiger partial charge in [-0.3, -0.25) is 4.79 Å². The molecular formula is C26H30N2O5. The first-order valence-electron chi connectivity index (χ1n) is 11.6. The molecule has 2 aliphatic rings. The maximum Gasteiger partial charge on any atom is 0.407 e. The second kappa shape index (κ2) is 9.65. The number of amides is 2. The second-order valence-electron chi connectivity index (χ2n) is 8.80. The van der Waals surface area contributed by atoms with Crippen LogP contribution in [0.25, 0.3) is 11.1 Å². The lowest BCUT2D eigenvalue weighted by Crippen LogP contribution is -2.54. The third kappa shape index (κ3) is 4.72. The molecule has 2 aromatic carbocycles. The number of carboxylic acid groups (broad SMARTS) is 1. The average Bonchev–Trinajstić information content (AvgIpc) is 3.59. The quantitative estimate of drug-likeness (QED) is 0.598. The molecule has 1 fully saturated rings. The third-order valence-corrected chi connectivity index (χ3v) is 6.48. The molecule has 0 heterocycles. The molecule has 2 aliphatic carbocycles. The zero-order valence-corrected chi connectivity index (χ0v) is 19.0. The van der Waals surface area contributed by atoms with E-state index in [1.54, 1.807) is 0 Å². The minimum absolute atomic E-state index is 0.0709. The summed E-state index contributed by atoms with van der Waals surface area (Å²) in [5.74, 6) is -1.48. The Kier molecular flexibility index (Phi) is 6.67. The van der Waals surface area contributed by atoms with E-state index in [1.165, 1.54) is 11.8 Å². The van der Waals surface area contributed by atoms with E-state index in [0.717, 1.165) is 35.1 Å². The van der Waals surface area contributed by atoms with Crippen molar-refractivity contribution >= 4 is 18.0 Å². The van der Waals surface area contributed by atoms with Crippen molar-refractivity contribution in [1.82, 2.24) is 10.2 Å². The van der Waals surface area contributed by atoms with Gasteiger partial charge >= 0.3 is 12.1 Å². The lowest BCUT2D eigenvalue weighted by atomic mass is 9.98. The Balaban J connectivity index is 1.44. The van der Waals surface area contributed by atoms with Crippen LogP contribution in [-0.2, 0) is 14.3 Å². The zero-order valence-electron chi connectivity index (χ0n) is 19.0. The Morgan fingerprint density at radius 2 is 1.64 bits per heavy atom. The molecule has 7 nitrogen and oxygen atoms in total. The topological polar surface area (TPSA) is 95.9 Å². The van der Waals surface area contributed by atoms with Crippen molar-refractivity contribution in [1.29, 1.82) is 0 Å². The highest BCUT2D eigenvalue weighted by Gasteiger charge is 2.41. The molecule has 0 aliphatic heterocycles. The number of fused-ring (bicyclic) bond motifs is 3. The van der Waals surface area contributed by atoms with Gasteiger partial charge in [-0.25, -0.2) is 9.59 Å². The van der Waals surface area contributed by atoms with Crippen LogP contribution in [-0.4, -0.2) is 52.7 Å². The van der Waals surface area contributed by atoms with E-state index < -0.39 is 24.1 Å². The molecule has 2 atom stereocenters. The number of ether oxygens (including phenoxy) is 1. The first kappa shape index (κ1) is 22.8. The monoisotopic (exact) mass is 450 g/mol. The number of alkyl carbamates (subject to hydrolysis) is 1. The lowest BCUT2D eigenvalue weighted by Gasteiger charge is -2.30. The molecule has 2 N–H and O–H groups in total. The van der Waals surface area contributed by atoms with E-state index in [1.807, 2.05) is 43.3 Å². The second-order valence-corrected chi connectivity index (χ2v) is 8.80. The predicted molar refractivity (Wildman–Crippen MR) is 124 cm³/mol. The highest BCUT2D eigenvalue weighted by Crippen LogP contribution is 2.44. The summed E-state index contributed by atoms with van der Waals surface area (Å²) in [6, 6.07) is 14.4. The number of aliphatic carboxylic acids is 1. The van der Waals surface area contributed by atoms with Crippen LogP contribution < -0.4 is 5.32 Å². The summed E-state index contributed by atoms with van der Waals surface area (Å²) in [6.45, 7) is 3.58. The van der Waals surface area contributed by atoms with Crippen molar-refractivity contribution in [3.8, 4) is 11.1 Å². The Hall–Kier alpha value is -3.35. The summed E-state index contributed by atoms with van der Waals surface area (Å²) in [5, 5.41) is 12.1. The highest BCUT2D eigenvalue weighted by molar-refractivity contribution is 5.89. The van der Waals surface area contributed by atoms with Gasteiger partial charge in [0, 0.05) is 12.0 Å². The van der Waals surface area contributed by atoms with Crippen LogP contribution in [0.1, 0.15) is 56.6 Å². The fraction of sp³-hybridized carbons (Fsp3) is 0.423. The van der Waals surface area contributed by atoms with Gasteiger partial charge in [-0.05, 0) is 48.4 Å². The maximum atomic E-state index is 13.2. The zero-order chi connectivity index (χ0) is 23.5. The molecule has 4 rings (SSSR count). The van der Waals surface area contributed by atoms with Crippen LogP contribution >= 0.6 is 0 Å². The molecule has 0 spiro atoms. The summed E-state index contributed by atoms with van der Waals surface area (Å²) >= 11 is 0. The number of carbonyl (C=O) groups excluding carboxylic acids is 2. The molecule has 0 aromatic heterocycles. The number of nitrogens with zero attached hydrogens (tertiary/aromatic N) is 1. The van der Waals surface area contributed by atoms with Gasteiger partial charge in [0.25, 0.3) is 0 Å². The van der Waals surface area contributed by atoms with Gasteiger partial charge in [-0.1, -0.05) is 61.9 Å². The average molecular weight is 451 g/mol. The largest absolute Gasteiger partial charge is 0.480 e. The number of rotatable bonds is 9. The third-order valence-electron chi connectivity index (χ3n) is 6.48. The molecule has 2 amide bonds. The van der Waals surface area contributed by atoms with Gasteiger partial charge in [-0.15, -0.1) is 0 Å². The van der Waals surface area contributed by atoms with Crippen LogP contribution in [0.5, 0.6) is 0 Å². The van der Waals surface area contributed by atoms with Crippen molar-refractivity contribution in [3.63, 3.8) is 0 Å². The summed E-state index contributed by atoms with van der Waals surface area (Å²) in [5.41, 5.74) is 4.51. The fourth-order valence-corrected chi connectivity index (χ4v) is 4.67. The smallest absolute Gasteiger partial charge is 0.407 e. The number of carboxylic acids is 1. The van der Waals surface area contributed by atoms with E-state index >= 15 is 0 Å². The highest BCUT2D eigenvalue weighted by atomic mass is 16.5. The molecule has 1 unspecified atom stereocenters. The van der Waals surface area contributed by atoms with E-state index in [-0.39, 0.29) is 24.5 Å². The summed E-state index contributed by atoms with van der Waals surface area (Å²) in [6.07, 6.45) is 1.99. The first-order chi connectivity index (χ1) is 15.9. The van der Waals surface area contributed by atoms with Gasteiger partial charge in [0.05, 0.1) is 0 Å². The molecule has 0 saturated heterocycles. The summed E-state index contributed by atoms with van der Waals surface area (Å²) in [4.78, 5) is 38.8. The molecule has 7 heteroatoms. The van der Waals surface area contributed by atoms with Crippen molar-refractivity contribution in [3.05, 3.63) is 59.7 Å². The minimum atomic E-state index is -1.05. The molecule has 2 aromatic rings. The molecule has 1 saturated carbocycles. The number of carbonyl (C=O) groups is 3. The number of hydrogen-bond donors (Lipinski definition) is 2. The molecule has 0 bridgehead atoms. The van der Waals surface area contributed by atoms with Crippen molar-refractivity contribution < 1.29 is 24.2 Å². The van der Waals surface area contributed by atoms with Crippen LogP contribution in [0.4, 0.5) is 4.79 Å². The van der Waals surface area contributed by atoms with Crippen LogP contribution in [0.15, 0.2) is 48.5 Å². The normalized spacial score (nSPS) is 16.3. The van der Waals surface area contributed by atoms with E-state index in [9.17, 15) is 19.5 Å². The van der Waals surface area contributed by atoms with Crippen molar-refractivity contribution in [2.75, 3.05) is 6.61 Å². The minimum Gasteiger partial charge on any atom is -0.480 e. The van der Waals surface area contributed by atoms with Crippen molar-refractivity contribution in [2.24, 2.45) is 0 Å². The van der Waals surface area contributed by atoms with Crippen LogP contribution in [0, 0.1) is 0 Å². The standard InChI is InChI=1S/C26H30N2O5/c1-3-8-23(24(29)28(17-13-14-17)16(2)25(30)31)27-26(32)33-15-22-20-11-6-4-9-18(20)19-10-5-7-12-21(19)22/h4-7,9-12,16-17,22-23H,3,8,13-15H2,1-2H3,(H,27,32)(H,30,31)/t16?,23-/m0/s1. The van der Waals surface area contributed by atoms with Gasteiger partial charge < -0.3 is 20.1 Å². The summed E-state index contributed by atoms with van der Waals surface area (Å²) < 4.78 is 5.59. The Labute approximate surface area is 193 Å².